The van der Waals surface area contributed by atoms with Crippen LogP contribution in [0.15, 0.2) is 110 Å². The van der Waals surface area contributed by atoms with E-state index in [1.165, 1.54) is 35.6 Å². The molecule has 2 atom stereocenters. The molecule has 414 valence electrons. The second-order valence-corrected chi connectivity index (χ2v) is 19.9. The van der Waals surface area contributed by atoms with E-state index in [2.05, 4.69) is 13.2 Å². The molecular weight excluding hydrogens is 1020 g/mol. The Morgan fingerprint density at radius 3 is 1.50 bits per heavy atom. The number of nitrogens with zero attached hydrogens (tertiary/aromatic N) is 2. The Morgan fingerprint density at radius 1 is 0.577 bits per heavy atom. The third kappa shape index (κ3) is 18.7. The van der Waals surface area contributed by atoms with Crippen LogP contribution in [0.2, 0.25) is 0 Å². The number of rotatable bonds is 31. The van der Waals surface area contributed by atoms with Gasteiger partial charge in [-0.15, -0.1) is 11.3 Å². The molecule has 5 aromatic rings. The maximum Gasteiger partial charge on any atom is 0.330 e. The number of non-ortho nitro benzene ring substituents is 1. The van der Waals surface area contributed by atoms with E-state index in [9.17, 15) is 38.9 Å². The van der Waals surface area contributed by atoms with E-state index in [-0.39, 0.29) is 28.7 Å². The lowest BCUT2D eigenvalue weighted by Crippen LogP contribution is -2.30. The van der Waals surface area contributed by atoms with Crippen LogP contribution in [-0.4, -0.2) is 72.2 Å². The Bertz CT molecular complexity index is 2840. The number of fused-ring (bicyclic) bond motifs is 1. The minimum atomic E-state index is -0.638. The molecule has 0 aliphatic heterocycles. The maximum absolute atomic E-state index is 13.7. The average Bonchev–Trinajstić information content (AvgIpc) is 3.96. The fourth-order valence-electron chi connectivity index (χ4n) is 8.26. The molecular formula is C59H66N2O16S. The summed E-state index contributed by atoms with van der Waals surface area (Å²) in [5, 5.41) is 11.8. The van der Waals surface area contributed by atoms with Gasteiger partial charge in [-0.1, -0.05) is 27.0 Å². The molecule has 1 saturated carbocycles. The lowest BCUT2D eigenvalue weighted by atomic mass is 9.82. The van der Waals surface area contributed by atoms with Crippen molar-refractivity contribution in [1.29, 1.82) is 0 Å². The van der Waals surface area contributed by atoms with E-state index < -0.39 is 58.4 Å². The number of carbonyl (C=O) groups is 6. The highest BCUT2D eigenvalue weighted by atomic mass is 32.1. The van der Waals surface area contributed by atoms with Gasteiger partial charge in [0, 0.05) is 29.8 Å². The summed E-state index contributed by atoms with van der Waals surface area (Å²) in [5.74, 6) is -2.53. The van der Waals surface area contributed by atoms with Gasteiger partial charge in [-0.25, -0.2) is 14.6 Å². The van der Waals surface area contributed by atoms with Crippen molar-refractivity contribution in [2.24, 2.45) is 23.7 Å². The molecule has 78 heavy (non-hydrogen) atoms. The van der Waals surface area contributed by atoms with Gasteiger partial charge in [0.25, 0.3) is 5.69 Å². The quantitative estimate of drug-likeness (QED) is 0.0100. The fourth-order valence-corrected chi connectivity index (χ4v) is 9.29. The van der Waals surface area contributed by atoms with Crippen LogP contribution < -0.4 is 28.4 Å². The minimum Gasteiger partial charge on any atom is -0.494 e. The second kappa shape index (κ2) is 30.7. The summed E-state index contributed by atoms with van der Waals surface area (Å²) in [5.41, 5.74) is 0.699. The summed E-state index contributed by atoms with van der Waals surface area (Å²) in [6, 6.07) is 22.4. The molecule has 0 saturated heterocycles. The highest BCUT2D eigenvalue weighted by Crippen LogP contribution is 2.42. The predicted octanol–water partition coefficient (Wildman–Crippen LogP) is 12.1. The normalized spacial score (nSPS) is 14.7. The van der Waals surface area contributed by atoms with Crippen LogP contribution in [0.3, 0.4) is 0 Å². The van der Waals surface area contributed by atoms with Crippen LogP contribution in [0.25, 0.3) is 20.8 Å². The van der Waals surface area contributed by atoms with Gasteiger partial charge in [-0.05, 0) is 163 Å². The third-order valence-corrected chi connectivity index (χ3v) is 14.1. The molecule has 0 radical (unpaired) electrons. The fraction of sp³-hybridized carbons (Fsp3) is 0.407. The van der Waals surface area contributed by atoms with Crippen molar-refractivity contribution in [2.45, 2.75) is 104 Å². The van der Waals surface area contributed by atoms with Crippen molar-refractivity contribution >= 4 is 63.1 Å². The molecule has 1 aliphatic carbocycles. The lowest BCUT2D eigenvalue weighted by molar-refractivity contribution is -0.384. The number of nitro groups is 1. The minimum absolute atomic E-state index is 0.103. The zero-order valence-corrected chi connectivity index (χ0v) is 44.8. The van der Waals surface area contributed by atoms with Crippen molar-refractivity contribution in [3.63, 3.8) is 0 Å². The molecule has 4 aromatic carbocycles. The number of nitro benzene ring substituents is 1. The first-order valence-electron chi connectivity index (χ1n) is 26.3. The molecule has 0 spiro atoms. The Kier molecular flexibility index (Phi) is 23.4. The van der Waals surface area contributed by atoms with Crippen LogP contribution in [0.5, 0.6) is 34.5 Å². The molecule has 1 aliphatic rings. The van der Waals surface area contributed by atoms with Crippen molar-refractivity contribution in [1.82, 2.24) is 4.98 Å². The molecule has 19 heteroatoms. The van der Waals surface area contributed by atoms with E-state index in [0.717, 1.165) is 63.5 Å². The number of ether oxygens (including phenoxy) is 8. The number of benzene rings is 4. The standard InChI is InChI=1S/C59H66N2O16S/c1-5-51(62)72-37-13-9-7-11-35-70-45-25-29-47(30-26-45)74-56(64)39(3)15-16-40(4)57(65)76-49-33-34-50(54-53(49)60-55(78-54)41-21-23-44(24-22-41)61(68)69)77-59(67)43-19-17-42(18-20-43)58(66)75-48-31-27-46(28-32-48)71-36-12-8-10-14-38-73-52(63)6-2/h5-6,21-34,39-40,42-43H,1-2,7-20,35-38H2,3-4H3/t39?,40-,42?,43?/m0/s1. The maximum atomic E-state index is 13.7. The molecule has 1 aromatic heterocycles. The highest BCUT2D eigenvalue weighted by Gasteiger charge is 2.33. The van der Waals surface area contributed by atoms with Crippen LogP contribution in [0.1, 0.15) is 104 Å². The molecule has 1 fully saturated rings. The van der Waals surface area contributed by atoms with Gasteiger partial charge < -0.3 is 37.9 Å². The topological polar surface area (TPSA) is 232 Å². The summed E-state index contributed by atoms with van der Waals surface area (Å²) in [6.45, 7) is 11.9. The van der Waals surface area contributed by atoms with E-state index in [1.54, 1.807) is 74.5 Å². The molecule has 1 unspecified atom stereocenters. The van der Waals surface area contributed by atoms with Gasteiger partial charge in [0.15, 0.2) is 11.5 Å². The van der Waals surface area contributed by atoms with Gasteiger partial charge in [-0.2, -0.15) is 0 Å². The van der Waals surface area contributed by atoms with E-state index in [1.807, 2.05) is 0 Å². The summed E-state index contributed by atoms with van der Waals surface area (Å²) in [4.78, 5) is 91.4. The summed E-state index contributed by atoms with van der Waals surface area (Å²) < 4.78 is 45.2. The van der Waals surface area contributed by atoms with Crippen molar-refractivity contribution in [3.8, 4) is 45.1 Å². The number of unbranched alkanes of at least 4 members (excludes halogenated alkanes) is 6. The van der Waals surface area contributed by atoms with Crippen molar-refractivity contribution < 1.29 is 71.6 Å². The van der Waals surface area contributed by atoms with Crippen LogP contribution >= 0.6 is 11.3 Å². The van der Waals surface area contributed by atoms with Crippen LogP contribution in [-0.2, 0) is 38.2 Å². The molecule has 18 nitrogen and oxygen atoms in total. The zero-order chi connectivity index (χ0) is 55.8. The van der Waals surface area contributed by atoms with E-state index >= 15 is 0 Å². The van der Waals surface area contributed by atoms with Crippen molar-refractivity contribution in [3.05, 3.63) is 120 Å². The number of thiazole rings is 1. The van der Waals surface area contributed by atoms with Gasteiger partial charge in [0.05, 0.1) is 55.0 Å². The highest BCUT2D eigenvalue weighted by molar-refractivity contribution is 7.22. The Hall–Kier alpha value is -7.93. The van der Waals surface area contributed by atoms with E-state index in [0.29, 0.717) is 103 Å². The first kappa shape index (κ1) is 59.3. The second-order valence-electron chi connectivity index (χ2n) is 18.9. The predicted molar refractivity (Wildman–Crippen MR) is 290 cm³/mol. The van der Waals surface area contributed by atoms with Gasteiger partial charge >= 0.3 is 35.8 Å². The molecule has 0 bridgehead atoms. The summed E-state index contributed by atoms with van der Waals surface area (Å²) in [7, 11) is 0. The van der Waals surface area contributed by atoms with Crippen LogP contribution in [0, 0.1) is 33.8 Å². The average molecular weight is 1090 g/mol. The van der Waals surface area contributed by atoms with Crippen LogP contribution in [0.4, 0.5) is 5.69 Å². The molecule has 6 rings (SSSR count). The number of hydrogen-bond donors (Lipinski definition) is 0. The third-order valence-electron chi connectivity index (χ3n) is 13.0. The summed E-state index contributed by atoms with van der Waals surface area (Å²) in [6.07, 6.45) is 11.3. The van der Waals surface area contributed by atoms with Gasteiger partial charge in [-0.3, -0.25) is 29.3 Å². The molecule has 1 heterocycles. The monoisotopic (exact) mass is 1090 g/mol. The first-order valence-corrected chi connectivity index (χ1v) is 27.1. The molecule has 0 N–H and O–H groups in total. The number of esters is 6. The molecule has 0 amide bonds. The van der Waals surface area contributed by atoms with Gasteiger partial charge in [0.2, 0.25) is 0 Å². The Morgan fingerprint density at radius 2 is 1.01 bits per heavy atom. The van der Waals surface area contributed by atoms with Gasteiger partial charge in [0.1, 0.15) is 38.2 Å². The first-order chi connectivity index (χ1) is 37.7. The van der Waals surface area contributed by atoms with E-state index in [4.69, 9.17) is 42.9 Å². The number of hydrogen-bond acceptors (Lipinski definition) is 18. The lowest BCUT2D eigenvalue weighted by Gasteiger charge is -2.25. The van der Waals surface area contributed by atoms with Crippen molar-refractivity contribution in [2.75, 3.05) is 26.4 Å². The zero-order valence-electron chi connectivity index (χ0n) is 44.0. The number of carbonyl (C=O) groups excluding carboxylic acids is 6. The SMILES string of the molecule is C=CC(=O)OCCCCCCOc1ccc(OC(=O)C(C)CC[C@H](C)C(=O)Oc2ccc(OC(=O)C3CCC(C(=O)Oc4ccc(OCCCCCCOC(=O)C=C)cc4)CC3)c3sc(-c4ccc([N+](=O)[O-])cc4)nc23)cc1. The summed E-state index contributed by atoms with van der Waals surface area (Å²) >= 11 is 1.17. The smallest absolute Gasteiger partial charge is 0.330 e. The number of aromatic nitrogens is 1. The largest absolute Gasteiger partial charge is 0.494 e. The Labute approximate surface area is 457 Å². The Balaban J connectivity index is 0.973.